The van der Waals surface area contributed by atoms with Gasteiger partial charge < -0.3 is 15.1 Å². The van der Waals surface area contributed by atoms with Crippen molar-refractivity contribution in [3.63, 3.8) is 0 Å². The largest absolute Gasteiger partial charge is 0.464 e. The second kappa shape index (κ2) is 5.14. The molecule has 4 heteroatoms. The molecular formula is C14H22N2O2. The van der Waals surface area contributed by atoms with Crippen LogP contribution in [0.3, 0.4) is 0 Å². The third-order valence-electron chi connectivity index (χ3n) is 3.53. The molecule has 0 bridgehead atoms. The van der Waals surface area contributed by atoms with E-state index in [0.29, 0.717) is 6.42 Å². The van der Waals surface area contributed by atoms with E-state index in [1.165, 1.54) is 0 Å². The molecule has 1 aromatic heterocycles. The number of likely N-dealkylation sites (tertiary alicyclic amines) is 1. The van der Waals surface area contributed by atoms with Gasteiger partial charge in [0.2, 0.25) is 5.91 Å². The second-order valence-electron chi connectivity index (χ2n) is 5.34. The zero-order chi connectivity index (χ0) is 13.3. The number of aryl methyl sites for hydroxylation is 1. The molecule has 1 aliphatic rings. The van der Waals surface area contributed by atoms with Crippen molar-refractivity contribution in [1.82, 2.24) is 4.90 Å². The Bertz CT molecular complexity index is 425. The summed E-state index contributed by atoms with van der Waals surface area (Å²) in [5, 5.41) is 0. The third kappa shape index (κ3) is 2.43. The van der Waals surface area contributed by atoms with Crippen molar-refractivity contribution in [3.8, 4) is 0 Å². The van der Waals surface area contributed by atoms with Crippen LogP contribution in [0.25, 0.3) is 0 Å². The maximum atomic E-state index is 12.2. The van der Waals surface area contributed by atoms with E-state index in [1.54, 1.807) is 0 Å². The second-order valence-corrected chi connectivity index (χ2v) is 5.34. The molecule has 2 heterocycles. The molecule has 4 nitrogen and oxygen atoms in total. The lowest BCUT2D eigenvalue weighted by atomic mass is 10.0. The molecule has 0 saturated carbocycles. The van der Waals surface area contributed by atoms with E-state index in [4.69, 9.17) is 10.2 Å². The molecule has 1 aliphatic heterocycles. The summed E-state index contributed by atoms with van der Waals surface area (Å²) in [6, 6.07) is 3.82. The number of carbonyl (C=O) groups excluding carboxylic acids is 1. The van der Waals surface area contributed by atoms with Crippen molar-refractivity contribution in [1.29, 1.82) is 0 Å². The van der Waals surface area contributed by atoms with Gasteiger partial charge in [-0.05, 0) is 45.7 Å². The molecule has 1 aromatic rings. The van der Waals surface area contributed by atoms with Crippen LogP contribution in [-0.4, -0.2) is 22.9 Å². The van der Waals surface area contributed by atoms with Crippen molar-refractivity contribution < 1.29 is 9.21 Å². The summed E-state index contributed by atoms with van der Waals surface area (Å²) >= 11 is 0. The lowest BCUT2D eigenvalue weighted by molar-refractivity contribution is -0.135. The Kier molecular flexibility index (Phi) is 3.76. The Labute approximate surface area is 108 Å². The van der Waals surface area contributed by atoms with Gasteiger partial charge in [-0.3, -0.25) is 4.79 Å². The summed E-state index contributed by atoms with van der Waals surface area (Å²) in [6.45, 7) is 5.96. The van der Waals surface area contributed by atoms with Crippen molar-refractivity contribution in [2.24, 2.45) is 5.73 Å². The first kappa shape index (κ1) is 13.1. The van der Waals surface area contributed by atoms with Crippen molar-refractivity contribution in [2.75, 3.05) is 0 Å². The van der Waals surface area contributed by atoms with Crippen molar-refractivity contribution >= 4 is 5.91 Å². The number of hydrogen-bond donors (Lipinski definition) is 1. The first-order valence-corrected chi connectivity index (χ1v) is 6.63. The van der Waals surface area contributed by atoms with Gasteiger partial charge in [0.25, 0.3) is 0 Å². The van der Waals surface area contributed by atoms with Gasteiger partial charge in [-0.15, -0.1) is 0 Å². The summed E-state index contributed by atoms with van der Waals surface area (Å²) in [5.41, 5.74) is 6.26. The van der Waals surface area contributed by atoms with Crippen LogP contribution in [-0.2, 0) is 4.79 Å². The Morgan fingerprint density at radius 3 is 2.72 bits per heavy atom. The fourth-order valence-electron chi connectivity index (χ4n) is 2.71. The van der Waals surface area contributed by atoms with Gasteiger partial charge in [0.05, 0.1) is 0 Å². The third-order valence-corrected chi connectivity index (χ3v) is 3.53. The lowest BCUT2D eigenvalue weighted by Crippen LogP contribution is -2.45. The first-order valence-electron chi connectivity index (χ1n) is 6.63. The minimum absolute atomic E-state index is 0.0515. The number of nitrogens with zero attached hydrogens (tertiary/aromatic N) is 1. The molecule has 1 saturated heterocycles. The maximum Gasteiger partial charge on any atom is 0.223 e. The van der Waals surface area contributed by atoms with E-state index >= 15 is 0 Å². The van der Waals surface area contributed by atoms with Gasteiger partial charge in [0.15, 0.2) is 0 Å². The number of nitrogens with two attached hydrogens (primary N) is 1. The van der Waals surface area contributed by atoms with Gasteiger partial charge in [-0.1, -0.05) is 0 Å². The number of carbonyl (C=O) groups is 1. The highest BCUT2D eigenvalue weighted by Gasteiger charge is 2.36. The van der Waals surface area contributed by atoms with Gasteiger partial charge in [-0.2, -0.15) is 0 Å². The monoisotopic (exact) mass is 250 g/mol. The molecule has 2 unspecified atom stereocenters. The number of amides is 1. The predicted molar refractivity (Wildman–Crippen MR) is 70.0 cm³/mol. The molecule has 18 heavy (non-hydrogen) atoms. The minimum Gasteiger partial charge on any atom is -0.464 e. The average molecular weight is 250 g/mol. The van der Waals surface area contributed by atoms with E-state index in [-0.39, 0.29) is 24.0 Å². The van der Waals surface area contributed by atoms with Gasteiger partial charge in [-0.25, -0.2) is 0 Å². The number of hydrogen-bond acceptors (Lipinski definition) is 3. The minimum atomic E-state index is -0.131. The standard InChI is InChI=1S/C14H22N2O2/c1-9(2)16-13(17)6-4-5-11(15)14(16)12-8-7-10(3)18-12/h7-9,11,14H,4-6,15H2,1-3H3. The molecule has 0 aliphatic carbocycles. The highest BCUT2D eigenvalue weighted by atomic mass is 16.3. The zero-order valence-corrected chi connectivity index (χ0v) is 11.3. The number of rotatable bonds is 2. The Morgan fingerprint density at radius 1 is 1.44 bits per heavy atom. The molecule has 1 fully saturated rings. The number of furan rings is 1. The SMILES string of the molecule is Cc1ccc(C2C(N)CCCC(=O)N2C(C)C)o1. The molecule has 2 N–H and O–H groups in total. The van der Waals surface area contributed by atoms with E-state index in [9.17, 15) is 4.79 Å². The average Bonchev–Trinajstić information content (AvgIpc) is 2.64. The summed E-state index contributed by atoms with van der Waals surface area (Å²) in [7, 11) is 0. The van der Waals surface area contributed by atoms with Gasteiger partial charge >= 0.3 is 0 Å². The topological polar surface area (TPSA) is 59.5 Å². The van der Waals surface area contributed by atoms with E-state index in [1.807, 2.05) is 37.8 Å². The zero-order valence-electron chi connectivity index (χ0n) is 11.3. The van der Waals surface area contributed by atoms with Crippen LogP contribution in [0.5, 0.6) is 0 Å². The fraction of sp³-hybridized carbons (Fsp3) is 0.643. The van der Waals surface area contributed by atoms with Crippen LogP contribution in [0.1, 0.15) is 50.7 Å². The summed E-state index contributed by atoms with van der Waals surface area (Å²) in [6.07, 6.45) is 2.31. The van der Waals surface area contributed by atoms with Crippen LogP contribution in [0, 0.1) is 6.92 Å². The predicted octanol–water partition coefficient (Wildman–Crippen LogP) is 2.38. The van der Waals surface area contributed by atoms with Gasteiger partial charge in [0, 0.05) is 18.5 Å². The Hall–Kier alpha value is -1.29. The van der Waals surface area contributed by atoms with Crippen molar-refractivity contribution in [3.05, 3.63) is 23.7 Å². The maximum absolute atomic E-state index is 12.2. The molecule has 2 rings (SSSR count). The van der Waals surface area contributed by atoms with Crippen LogP contribution >= 0.6 is 0 Å². The molecule has 0 aromatic carbocycles. The van der Waals surface area contributed by atoms with E-state index in [2.05, 4.69) is 0 Å². The van der Waals surface area contributed by atoms with E-state index in [0.717, 1.165) is 24.4 Å². The molecule has 2 atom stereocenters. The molecule has 100 valence electrons. The van der Waals surface area contributed by atoms with Crippen LogP contribution in [0.4, 0.5) is 0 Å². The van der Waals surface area contributed by atoms with Crippen LogP contribution in [0.15, 0.2) is 16.5 Å². The Morgan fingerprint density at radius 2 is 2.17 bits per heavy atom. The Balaban J connectivity index is 2.38. The van der Waals surface area contributed by atoms with Crippen LogP contribution in [0.2, 0.25) is 0 Å². The lowest BCUT2D eigenvalue weighted by Gasteiger charge is -2.35. The van der Waals surface area contributed by atoms with Crippen molar-refractivity contribution in [2.45, 2.75) is 58.2 Å². The highest BCUT2D eigenvalue weighted by molar-refractivity contribution is 5.77. The van der Waals surface area contributed by atoms with Crippen LogP contribution < -0.4 is 5.73 Å². The highest BCUT2D eigenvalue weighted by Crippen LogP contribution is 2.32. The van der Waals surface area contributed by atoms with Gasteiger partial charge in [0.1, 0.15) is 17.6 Å². The normalized spacial score (nSPS) is 25.6. The molecule has 0 radical (unpaired) electrons. The summed E-state index contributed by atoms with van der Waals surface area (Å²) < 4.78 is 5.70. The van der Waals surface area contributed by atoms with E-state index < -0.39 is 0 Å². The summed E-state index contributed by atoms with van der Waals surface area (Å²) in [5.74, 6) is 1.85. The molecule has 1 amide bonds. The molecular weight excluding hydrogens is 228 g/mol. The fourth-order valence-corrected chi connectivity index (χ4v) is 2.71. The molecule has 0 spiro atoms. The smallest absolute Gasteiger partial charge is 0.223 e. The summed E-state index contributed by atoms with van der Waals surface area (Å²) in [4.78, 5) is 14.1. The quantitative estimate of drug-likeness (QED) is 0.876. The first-order chi connectivity index (χ1) is 8.50.